The molecule has 1 N–H and O–H groups in total. The molecule has 0 saturated heterocycles. The fraction of sp³-hybridized carbons (Fsp3) is 0.435. The highest BCUT2D eigenvalue weighted by atomic mass is 16.7. The van der Waals surface area contributed by atoms with Gasteiger partial charge in [-0.25, -0.2) is 9.59 Å². The van der Waals surface area contributed by atoms with Crippen molar-refractivity contribution in [3.63, 3.8) is 0 Å². The van der Waals surface area contributed by atoms with Crippen molar-refractivity contribution in [2.75, 3.05) is 7.11 Å². The van der Waals surface area contributed by atoms with Crippen LogP contribution in [0.5, 0.6) is 5.75 Å². The Morgan fingerprint density at radius 2 is 1.83 bits per heavy atom. The maximum Gasteiger partial charge on any atom is 0.410 e. The van der Waals surface area contributed by atoms with Gasteiger partial charge in [0.15, 0.2) is 5.78 Å². The number of carbonyl (C=O) groups excluding carboxylic acids is 3. The predicted octanol–water partition coefficient (Wildman–Crippen LogP) is 4.42. The lowest BCUT2D eigenvalue weighted by atomic mass is 10.1. The fourth-order valence-corrected chi connectivity index (χ4v) is 2.51. The van der Waals surface area contributed by atoms with Crippen molar-refractivity contribution in [2.24, 2.45) is 0 Å². The van der Waals surface area contributed by atoms with E-state index in [4.69, 9.17) is 9.47 Å². The lowest BCUT2D eigenvalue weighted by Crippen LogP contribution is -2.41. The van der Waals surface area contributed by atoms with Crippen molar-refractivity contribution in [1.29, 1.82) is 0 Å². The van der Waals surface area contributed by atoms with Gasteiger partial charge in [-0.1, -0.05) is 38.5 Å². The van der Waals surface area contributed by atoms with Gasteiger partial charge in [-0.15, -0.1) is 0 Å². The van der Waals surface area contributed by atoms with Crippen molar-refractivity contribution in [3.8, 4) is 5.75 Å². The third-order valence-electron chi connectivity index (χ3n) is 4.19. The summed E-state index contributed by atoms with van der Waals surface area (Å²) in [4.78, 5) is 35.2. The minimum atomic E-state index is -0.792. The van der Waals surface area contributed by atoms with Crippen LogP contribution in [0.4, 0.5) is 4.79 Å². The van der Waals surface area contributed by atoms with Crippen LogP contribution in [0, 0.1) is 0 Å². The second-order valence-electron chi connectivity index (χ2n) is 6.88. The molecule has 164 valence electrons. The van der Waals surface area contributed by atoms with E-state index in [2.05, 4.69) is 23.6 Å². The first-order chi connectivity index (χ1) is 14.3. The quantitative estimate of drug-likeness (QED) is 0.234. The lowest BCUT2D eigenvalue weighted by Gasteiger charge is -2.21. The molecule has 0 saturated carbocycles. The number of alkyl carbamates (subject to hydrolysis) is 1. The van der Waals surface area contributed by atoms with E-state index >= 15 is 0 Å². The van der Waals surface area contributed by atoms with Gasteiger partial charge >= 0.3 is 12.1 Å². The SMILES string of the molecule is C=C(C)C(=O)C(C)NC(=O)OC(CCCCC)Oc1ccc(/C=C/C(=O)OC)cc1. The molecule has 0 aliphatic rings. The highest BCUT2D eigenvalue weighted by molar-refractivity contribution is 5.99. The molecule has 2 atom stereocenters. The van der Waals surface area contributed by atoms with Crippen LogP contribution in [0.15, 0.2) is 42.5 Å². The Kier molecular flexibility index (Phi) is 11.0. The third kappa shape index (κ3) is 9.41. The van der Waals surface area contributed by atoms with E-state index in [1.54, 1.807) is 44.2 Å². The number of benzene rings is 1. The monoisotopic (exact) mass is 417 g/mol. The first kappa shape index (κ1) is 24.9. The van der Waals surface area contributed by atoms with Crippen molar-refractivity contribution >= 4 is 23.9 Å². The van der Waals surface area contributed by atoms with Gasteiger partial charge < -0.3 is 19.5 Å². The topological polar surface area (TPSA) is 90.9 Å². The summed E-state index contributed by atoms with van der Waals surface area (Å²) in [7, 11) is 1.31. The molecule has 30 heavy (non-hydrogen) atoms. The number of Topliss-reactive ketones (excluding diaryl/α,β-unsaturated/α-hetero) is 1. The van der Waals surface area contributed by atoms with Gasteiger partial charge in [0.2, 0.25) is 6.29 Å². The number of ketones is 1. The summed E-state index contributed by atoms with van der Waals surface area (Å²) in [6.45, 7) is 8.83. The minimum absolute atomic E-state index is 0.258. The van der Waals surface area contributed by atoms with Crippen LogP contribution < -0.4 is 10.1 Å². The zero-order valence-corrected chi connectivity index (χ0v) is 18.1. The zero-order chi connectivity index (χ0) is 22.5. The molecule has 7 nitrogen and oxygen atoms in total. The van der Waals surface area contributed by atoms with Crippen LogP contribution in [0.2, 0.25) is 0 Å². The smallest absolute Gasteiger partial charge is 0.410 e. The van der Waals surface area contributed by atoms with Crippen molar-refractivity contribution < 1.29 is 28.6 Å². The van der Waals surface area contributed by atoms with E-state index in [-0.39, 0.29) is 5.78 Å². The summed E-state index contributed by atoms with van der Waals surface area (Å²) in [6.07, 6.45) is 4.78. The molecule has 0 spiro atoms. The summed E-state index contributed by atoms with van der Waals surface area (Å²) >= 11 is 0. The number of rotatable bonds is 12. The molecule has 0 radical (unpaired) electrons. The Labute approximate surface area is 178 Å². The number of amides is 1. The number of unbranched alkanes of at least 4 members (excludes halogenated alkanes) is 2. The molecule has 0 heterocycles. The average Bonchev–Trinajstić information content (AvgIpc) is 2.72. The Morgan fingerprint density at radius 3 is 2.40 bits per heavy atom. The highest BCUT2D eigenvalue weighted by Crippen LogP contribution is 2.18. The van der Waals surface area contributed by atoms with E-state index in [0.29, 0.717) is 17.7 Å². The molecule has 1 aromatic rings. The summed E-state index contributed by atoms with van der Waals surface area (Å²) in [5, 5.41) is 2.51. The maximum absolute atomic E-state index is 12.2. The van der Waals surface area contributed by atoms with Gasteiger partial charge in [-0.05, 0) is 49.6 Å². The second-order valence-corrected chi connectivity index (χ2v) is 6.88. The summed E-state index contributed by atoms with van der Waals surface area (Å²) in [6, 6.07) is 6.25. The van der Waals surface area contributed by atoms with Gasteiger partial charge in [-0.2, -0.15) is 0 Å². The van der Waals surface area contributed by atoms with E-state index in [0.717, 1.165) is 24.8 Å². The van der Waals surface area contributed by atoms with Gasteiger partial charge in [0.1, 0.15) is 5.75 Å². The maximum atomic E-state index is 12.2. The molecular formula is C23H31NO6. The number of carbonyl (C=O) groups is 3. The first-order valence-electron chi connectivity index (χ1n) is 9.96. The molecular weight excluding hydrogens is 386 g/mol. The number of hydrogen-bond acceptors (Lipinski definition) is 6. The third-order valence-corrected chi connectivity index (χ3v) is 4.19. The summed E-state index contributed by atoms with van der Waals surface area (Å²) < 4.78 is 15.8. The van der Waals surface area contributed by atoms with Gasteiger partial charge in [0.05, 0.1) is 13.2 Å². The first-order valence-corrected chi connectivity index (χ1v) is 9.96. The van der Waals surface area contributed by atoms with Crippen molar-refractivity contribution in [1.82, 2.24) is 5.32 Å². The second kappa shape index (κ2) is 13.2. The molecule has 0 aromatic heterocycles. The number of methoxy groups -OCH3 is 1. The van der Waals surface area contributed by atoms with Crippen molar-refractivity contribution in [3.05, 3.63) is 48.1 Å². The largest absolute Gasteiger partial charge is 0.466 e. The molecule has 7 heteroatoms. The van der Waals surface area contributed by atoms with Gasteiger partial charge in [0, 0.05) is 12.5 Å². The Morgan fingerprint density at radius 1 is 1.17 bits per heavy atom. The minimum Gasteiger partial charge on any atom is -0.466 e. The Hall–Kier alpha value is -3.09. The van der Waals surface area contributed by atoms with E-state index in [1.165, 1.54) is 13.2 Å². The van der Waals surface area contributed by atoms with E-state index in [9.17, 15) is 14.4 Å². The average molecular weight is 418 g/mol. The number of esters is 1. The van der Waals surface area contributed by atoms with Crippen LogP contribution >= 0.6 is 0 Å². The van der Waals surface area contributed by atoms with Crippen molar-refractivity contribution in [2.45, 2.75) is 58.8 Å². The molecule has 2 unspecified atom stereocenters. The van der Waals surface area contributed by atoms with Crippen LogP contribution in [-0.2, 0) is 19.1 Å². The molecule has 0 aliphatic carbocycles. The van der Waals surface area contributed by atoms with Crippen LogP contribution in [0.25, 0.3) is 6.08 Å². The summed E-state index contributed by atoms with van der Waals surface area (Å²) in [5.41, 5.74) is 1.15. The standard InChI is InChI=1S/C23H31NO6/c1-6-7-8-9-21(30-23(27)24-17(4)22(26)16(2)3)29-19-13-10-18(11-14-19)12-15-20(25)28-5/h10-15,17,21H,2,6-9H2,1,3-5H3,(H,24,27)/b15-12+. The van der Waals surface area contributed by atoms with Gasteiger partial charge in [-0.3, -0.25) is 4.79 Å². The number of ether oxygens (including phenoxy) is 3. The normalized spacial score (nSPS) is 12.7. The fourth-order valence-electron chi connectivity index (χ4n) is 2.51. The summed E-state index contributed by atoms with van der Waals surface area (Å²) in [5.74, 6) is -0.179. The number of nitrogens with one attached hydrogen (secondary N) is 1. The Balaban J connectivity index is 2.74. The van der Waals surface area contributed by atoms with Crippen LogP contribution in [0.3, 0.4) is 0 Å². The zero-order valence-electron chi connectivity index (χ0n) is 18.1. The molecule has 1 rings (SSSR count). The molecule has 1 amide bonds. The Bertz CT molecular complexity index is 753. The van der Waals surface area contributed by atoms with Gasteiger partial charge in [0.25, 0.3) is 0 Å². The van der Waals surface area contributed by atoms with E-state index < -0.39 is 24.4 Å². The van der Waals surface area contributed by atoms with Crippen LogP contribution in [-0.4, -0.2) is 37.3 Å². The highest BCUT2D eigenvalue weighted by Gasteiger charge is 2.21. The molecule has 1 aromatic carbocycles. The van der Waals surface area contributed by atoms with E-state index in [1.807, 2.05) is 0 Å². The predicted molar refractivity (Wildman–Crippen MR) is 115 cm³/mol. The molecule has 0 fully saturated rings. The van der Waals surface area contributed by atoms with Crippen LogP contribution in [0.1, 0.15) is 52.0 Å². The molecule has 0 aliphatic heterocycles. The molecule has 0 bridgehead atoms. The lowest BCUT2D eigenvalue weighted by molar-refractivity contribution is -0.134. The number of hydrogen-bond donors (Lipinski definition) is 1.